The Balaban J connectivity index is 1.89. The molecule has 1 saturated carbocycles. The van der Waals surface area contributed by atoms with Gasteiger partial charge in [0.2, 0.25) is 0 Å². The third-order valence-electron chi connectivity index (χ3n) is 4.50. The summed E-state index contributed by atoms with van der Waals surface area (Å²) >= 11 is 6.65. The Morgan fingerprint density at radius 1 is 1.00 bits per heavy atom. The van der Waals surface area contributed by atoms with Crippen molar-refractivity contribution in [3.05, 3.63) is 35.4 Å². The van der Waals surface area contributed by atoms with Gasteiger partial charge in [0.1, 0.15) is 0 Å². The van der Waals surface area contributed by atoms with Gasteiger partial charge in [0.05, 0.1) is 5.38 Å². The lowest BCUT2D eigenvalue weighted by Gasteiger charge is -2.18. The van der Waals surface area contributed by atoms with Crippen LogP contribution in [0.25, 0.3) is 0 Å². The molecular weight excluding hydrogens is 264 g/mol. The molecule has 1 heteroatoms. The fraction of sp³-hybridized carbons (Fsp3) is 0.684. The summed E-state index contributed by atoms with van der Waals surface area (Å²) in [4.78, 5) is 0. The van der Waals surface area contributed by atoms with E-state index in [1.165, 1.54) is 49.7 Å². The van der Waals surface area contributed by atoms with Crippen molar-refractivity contribution in [2.75, 3.05) is 0 Å². The van der Waals surface area contributed by atoms with Gasteiger partial charge in [-0.15, -0.1) is 11.6 Å². The van der Waals surface area contributed by atoms with E-state index in [2.05, 4.69) is 38.1 Å². The first-order valence-corrected chi connectivity index (χ1v) is 8.81. The molecule has 0 radical (unpaired) electrons. The maximum atomic E-state index is 6.65. The van der Waals surface area contributed by atoms with E-state index < -0.39 is 0 Å². The van der Waals surface area contributed by atoms with Crippen molar-refractivity contribution in [1.82, 2.24) is 0 Å². The minimum Gasteiger partial charge on any atom is -0.118 e. The molecule has 1 fully saturated rings. The summed E-state index contributed by atoms with van der Waals surface area (Å²) in [6.45, 7) is 4.54. The quantitative estimate of drug-likeness (QED) is 0.428. The average Bonchev–Trinajstić information content (AvgIpc) is 2.67. The van der Waals surface area contributed by atoms with Crippen LogP contribution in [0.4, 0.5) is 0 Å². The molecular formula is C19H29Cl. The van der Waals surface area contributed by atoms with Gasteiger partial charge in [-0.3, -0.25) is 0 Å². The maximum Gasteiger partial charge on any atom is 0.0587 e. The third-order valence-corrected chi connectivity index (χ3v) is 4.93. The molecule has 1 aliphatic rings. The van der Waals surface area contributed by atoms with Gasteiger partial charge in [0, 0.05) is 0 Å². The summed E-state index contributed by atoms with van der Waals surface area (Å²) < 4.78 is 0. The summed E-state index contributed by atoms with van der Waals surface area (Å²) in [7, 11) is 0. The Morgan fingerprint density at radius 2 is 1.60 bits per heavy atom. The van der Waals surface area contributed by atoms with Crippen LogP contribution in [0.3, 0.4) is 0 Å². The Kier molecular flexibility index (Phi) is 6.42. The molecule has 0 amide bonds. The summed E-state index contributed by atoms with van der Waals surface area (Å²) in [6, 6.07) is 9.01. The highest BCUT2D eigenvalue weighted by atomic mass is 35.5. The van der Waals surface area contributed by atoms with E-state index in [1.54, 1.807) is 0 Å². The fourth-order valence-corrected chi connectivity index (χ4v) is 3.76. The van der Waals surface area contributed by atoms with Crippen molar-refractivity contribution in [3.8, 4) is 0 Å². The van der Waals surface area contributed by atoms with Gasteiger partial charge >= 0.3 is 0 Å². The van der Waals surface area contributed by atoms with E-state index in [0.29, 0.717) is 0 Å². The summed E-state index contributed by atoms with van der Waals surface area (Å²) in [5, 5.41) is 0.200. The van der Waals surface area contributed by atoms with Gasteiger partial charge in [-0.05, 0) is 35.8 Å². The first-order valence-electron chi connectivity index (χ1n) is 8.38. The largest absolute Gasteiger partial charge is 0.118 e. The molecule has 0 saturated heterocycles. The van der Waals surface area contributed by atoms with Crippen molar-refractivity contribution >= 4 is 11.6 Å². The van der Waals surface area contributed by atoms with Gasteiger partial charge in [0.25, 0.3) is 0 Å². The van der Waals surface area contributed by atoms with Crippen LogP contribution in [0.2, 0.25) is 0 Å². The number of rotatable bonds is 5. The van der Waals surface area contributed by atoms with Gasteiger partial charge in [-0.1, -0.05) is 76.6 Å². The van der Waals surface area contributed by atoms with E-state index >= 15 is 0 Å². The van der Waals surface area contributed by atoms with E-state index in [9.17, 15) is 0 Å². The normalized spacial score (nSPS) is 19.0. The molecule has 0 aromatic heterocycles. The van der Waals surface area contributed by atoms with Crippen LogP contribution in [0.15, 0.2) is 24.3 Å². The smallest absolute Gasteiger partial charge is 0.0587 e. The van der Waals surface area contributed by atoms with E-state index in [-0.39, 0.29) is 5.38 Å². The monoisotopic (exact) mass is 292 g/mol. The average molecular weight is 293 g/mol. The standard InChI is InChI=1S/C19H29Cl/c1-15(2)13-17-9-11-18(12-10-17)19(20)14-16-7-5-3-4-6-8-16/h9-12,15-16,19H,3-8,13-14H2,1-2H3. The molecule has 0 nitrogen and oxygen atoms in total. The molecule has 0 spiro atoms. The highest BCUT2D eigenvalue weighted by Gasteiger charge is 2.17. The molecule has 20 heavy (non-hydrogen) atoms. The second-order valence-electron chi connectivity index (χ2n) is 6.90. The summed E-state index contributed by atoms with van der Waals surface area (Å²) in [5.74, 6) is 1.56. The number of halogens is 1. The lowest BCUT2D eigenvalue weighted by Crippen LogP contribution is -2.03. The zero-order chi connectivity index (χ0) is 14.4. The van der Waals surface area contributed by atoms with Crippen molar-refractivity contribution in [2.24, 2.45) is 11.8 Å². The number of alkyl halides is 1. The first kappa shape index (κ1) is 15.9. The van der Waals surface area contributed by atoms with Crippen LogP contribution in [-0.2, 0) is 6.42 Å². The van der Waals surface area contributed by atoms with Crippen LogP contribution in [0.5, 0.6) is 0 Å². The highest BCUT2D eigenvalue weighted by Crippen LogP contribution is 2.34. The SMILES string of the molecule is CC(C)Cc1ccc(C(Cl)CC2CCCCCC2)cc1. The van der Waals surface area contributed by atoms with E-state index in [0.717, 1.165) is 24.7 Å². The lowest BCUT2D eigenvalue weighted by molar-refractivity contribution is 0.423. The topological polar surface area (TPSA) is 0 Å². The predicted molar refractivity (Wildman–Crippen MR) is 89.4 cm³/mol. The molecule has 1 aliphatic carbocycles. The number of hydrogen-bond acceptors (Lipinski definition) is 0. The van der Waals surface area contributed by atoms with Crippen LogP contribution in [0, 0.1) is 11.8 Å². The van der Waals surface area contributed by atoms with Crippen LogP contribution in [-0.4, -0.2) is 0 Å². The molecule has 0 heterocycles. The van der Waals surface area contributed by atoms with Crippen LogP contribution in [0.1, 0.15) is 75.3 Å². The van der Waals surface area contributed by atoms with Crippen molar-refractivity contribution < 1.29 is 0 Å². The molecule has 2 rings (SSSR count). The summed E-state index contributed by atoms with van der Waals surface area (Å²) in [5.41, 5.74) is 2.74. The minimum atomic E-state index is 0.200. The Hall–Kier alpha value is -0.490. The Bertz CT molecular complexity index is 371. The van der Waals surface area contributed by atoms with Crippen molar-refractivity contribution in [2.45, 2.75) is 70.6 Å². The second kappa shape index (κ2) is 8.08. The zero-order valence-electron chi connectivity index (χ0n) is 13.1. The zero-order valence-corrected chi connectivity index (χ0v) is 13.8. The Morgan fingerprint density at radius 3 is 2.15 bits per heavy atom. The van der Waals surface area contributed by atoms with Crippen molar-refractivity contribution in [3.63, 3.8) is 0 Å². The first-order chi connectivity index (χ1) is 9.65. The maximum absolute atomic E-state index is 6.65. The molecule has 0 aliphatic heterocycles. The molecule has 1 aromatic carbocycles. The Labute approximate surface area is 129 Å². The van der Waals surface area contributed by atoms with Gasteiger partial charge in [-0.25, -0.2) is 0 Å². The highest BCUT2D eigenvalue weighted by molar-refractivity contribution is 6.20. The van der Waals surface area contributed by atoms with Gasteiger partial charge in [0.15, 0.2) is 0 Å². The fourth-order valence-electron chi connectivity index (χ4n) is 3.36. The minimum absolute atomic E-state index is 0.200. The molecule has 1 aromatic rings. The lowest BCUT2D eigenvalue weighted by atomic mass is 9.92. The summed E-state index contributed by atoms with van der Waals surface area (Å²) in [6.07, 6.45) is 10.7. The van der Waals surface area contributed by atoms with Gasteiger partial charge < -0.3 is 0 Å². The van der Waals surface area contributed by atoms with Crippen molar-refractivity contribution in [1.29, 1.82) is 0 Å². The molecule has 112 valence electrons. The van der Waals surface area contributed by atoms with Crippen LogP contribution >= 0.6 is 11.6 Å². The van der Waals surface area contributed by atoms with Crippen LogP contribution < -0.4 is 0 Å². The van der Waals surface area contributed by atoms with E-state index in [4.69, 9.17) is 11.6 Å². The van der Waals surface area contributed by atoms with E-state index in [1.807, 2.05) is 0 Å². The molecule has 0 bridgehead atoms. The predicted octanol–water partition coefficient (Wildman–Crippen LogP) is 6.53. The number of hydrogen-bond donors (Lipinski definition) is 0. The van der Waals surface area contributed by atoms with Gasteiger partial charge in [-0.2, -0.15) is 0 Å². The number of benzene rings is 1. The third kappa shape index (κ3) is 5.13. The molecule has 0 N–H and O–H groups in total. The molecule has 1 atom stereocenters. The second-order valence-corrected chi connectivity index (χ2v) is 7.43. The molecule has 1 unspecified atom stereocenters.